The van der Waals surface area contributed by atoms with Crippen molar-refractivity contribution in [1.29, 1.82) is 0 Å². The zero-order chi connectivity index (χ0) is 16.3. The highest BCUT2D eigenvalue weighted by atomic mass is 16.2. The van der Waals surface area contributed by atoms with Gasteiger partial charge in [-0.2, -0.15) is 0 Å². The fourth-order valence-electron chi connectivity index (χ4n) is 3.97. The molecule has 1 unspecified atom stereocenters. The third-order valence-corrected chi connectivity index (χ3v) is 5.15. The van der Waals surface area contributed by atoms with Crippen molar-refractivity contribution in [2.45, 2.75) is 30.8 Å². The standard InChI is InChI=1S/C18H28N4O/c1-21(2)17(23)22-16(12-15-6-4-3-5-7-15)13-20-14-18(22)8-10-19-11-9-18/h3-7,16,19-20H,8-14H2,1-2H3. The summed E-state index contributed by atoms with van der Waals surface area (Å²) in [5, 5.41) is 7.03. The van der Waals surface area contributed by atoms with E-state index in [0.29, 0.717) is 0 Å². The van der Waals surface area contributed by atoms with E-state index in [1.54, 1.807) is 4.90 Å². The van der Waals surface area contributed by atoms with Gasteiger partial charge in [0, 0.05) is 27.2 Å². The van der Waals surface area contributed by atoms with Crippen LogP contribution in [0.15, 0.2) is 30.3 Å². The van der Waals surface area contributed by atoms with Crippen molar-refractivity contribution in [2.75, 3.05) is 40.3 Å². The number of benzene rings is 1. The molecule has 2 aliphatic heterocycles. The van der Waals surface area contributed by atoms with Crippen LogP contribution in [0.25, 0.3) is 0 Å². The van der Waals surface area contributed by atoms with E-state index in [1.807, 2.05) is 20.2 Å². The van der Waals surface area contributed by atoms with Crippen molar-refractivity contribution < 1.29 is 4.79 Å². The van der Waals surface area contributed by atoms with Crippen LogP contribution in [0.4, 0.5) is 4.79 Å². The molecule has 2 amide bonds. The quantitative estimate of drug-likeness (QED) is 0.865. The lowest BCUT2D eigenvalue weighted by molar-refractivity contribution is 0.0149. The Morgan fingerprint density at radius 3 is 2.57 bits per heavy atom. The van der Waals surface area contributed by atoms with Gasteiger partial charge in [0.05, 0.1) is 11.6 Å². The summed E-state index contributed by atoms with van der Waals surface area (Å²) in [6.07, 6.45) is 2.94. The van der Waals surface area contributed by atoms with E-state index in [0.717, 1.165) is 45.4 Å². The minimum Gasteiger partial charge on any atom is -0.331 e. The van der Waals surface area contributed by atoms with Crippen molar-refractivity contribution in [1.82, 2.24) is 20.4 Å². The Labute approximate surface area is 139 Å². The number of carbonyl (C=O) groups excluding carboxylic acids is 1. The molecular weight excluding hydrogens is 288 g/mol. The molecule has 126 valence electrons. The Morgan fingerprint density at radius 2 is 1.91 bits per heavy atom. The zero-order valence-corrected chi connectivity index (χ0v) is 14.2. The van der Waals surface area contributed by atoms with Crippen LogP contribution in [0.3, 0.4) is 0 Å². The van der Waals surface area contributed by atoms with Crippen molar-refractivity contribution >= 4 is 6.03 Å². The Kier molecular flexibility index (Phi) is 4.87. The topological polar surface area (TPSA) is 47.6 Å². The molecule has 5 nitrogen and oxygen atoms in total. The van der Waals surface area contributed by atoms with Crippen molar-refractivity contribution in [3.05, 3.63) is 35.9 Å². The Morgan fingerprint density at radius 1 is 1.22 bits per heavy atom. The van der Waals surface area contributed by atoms with Gasteiger partial charge in [-0.25, -0.2) is 4.79 Å². The summed E-state index contributed by atoms with van der Waals surface area (Å²) < 4.78 is 0. The monoisotopic (exact) mass is 316 g/mol. The van der Waals surface area contributed by atoms with Gasteiger partial charge < -0.3 is 20.4 Å². The number of hydrogen-bond donors (Lipinski definition) is 2. The number of amides is 2. The van der Waals surface area contributed by atoms with E-state index >= 15 is 0 Å². The molecule has 2 aliphatic rings. The highest BCUT2D eigenvalue weighted by Crippen LogP contribution is 2.32. The number of nitrogens with zero attached hydrogens (tertiary/aromatic N) is 2. The zero-order valence-electron chi connectivity index (χ0n) is 14.2. The number of carbonyl (C=O) groups is 1. The molecule has 0 saturated carbocycles. The third-order valence-electron chi connectivity index (χ3n) is 5.15. The van der Waals surface area contributed by atoms with Crippen LogP contribution in [0.5, 0.6) is 0 Å². The molecule has 3 rings (SSSR count). The molecule has 0 aliphatic carbocycles. The largest absolute Gasteiger partial charge is 0.331 e. The van der Waals surface area contributed by atoms with Gasteiger partial charge in [-0.05, 0) is 37.9 Å². The van der Waals surface area contributed by atoms with Gasteiger partial charge in [0.2, 0.25) is 0 Å². The summed E-state index contributed by atoms with van der Waals surface area (Å²) in [6, 6.07) is 10.9. The van der Waals surface area contributed by atoms with Gasteiger partial charge >= 0.3 is 6.03 Å². The van der Waals surface area contributed by atoms with Gasteiger partial charge in [-0.1, -0.05) is 30.3 Å². The maximum absolute atomic E-state index is 13.0. The second-order valence-electron chi connectivity index (χ2n) is 7.00. The Hall–Kier alpha value is -1.59. The van der Waals surface area contributed by atoms with Crippen LogP contribution in [0.2, 0.25) is 0 Å². The number of hydrogen-bond acceptors (Lipinski definition) is 3. The maximum atomic E-state index is 13.0. The summed E-state index contributed by atoms with van der Waals surface area (Å²) in [5.41, 5.74) is 1.24. The SMILES string of the molecule is CN(C)C(=O)N1C(Cc2ccccc2)CNCC12CCNCC2. The Bertz CT molecular complexity index is 520. The average Bonchev–Trinajstić information content (AvgIpc) is 2.56. The molecule has 2 N–H and O–H groups in total. The van der Waals surface area contributed by atoms with Crippen molar-refractivity contribution in [2.24, 2.45) is 0 Å². The van der Waals surface area contributed by atoms with Crippen molar-refractivity contribution in [3.8, 4) is 0 Å². The molecule has 1 spiro atoms. The number of nitrogens with one attached hydrogen (secondary N) is 2. The van der Waals surface area contributed by atoms with E-state index in [-0.39, 0.29) is 17.6 Å². The third kappa shape index (κ3) is 3.35. The summed E-state index contributed by atoms with van der Waals surface area (Å²) in [4.78, 5) is 16.9. The molecule has 0 radical (unpaired) electrons. The van der Waals surface area contributed by atoms with E-state index in [9.17, 15) is 4.79 Å². The van der Waals surface area contributed by atoms with Gasteiger partial charge in [0.1, 0.15) is 0 Å². The normalized spacial score (nSPS) is 23.7. The average molecular weight is 316 g/mol. The number of rotatable bonds is 2. The Balaban J connectivity index is 1.88. The molecule has 1 aromatic rings. The number of piperidine rings is 1. The molecule has 0 bridgehead atoms. The van der Waals surface area contributed by atoms with E-state index in [4.69, 9.17) is 0 Å². The van der Waals surface area contributed by atoms with Crippen LogP contribution >= 0.6 is 0 Å². The highest BCUT2D eigenvalue weighted by molar-refractivity contribution is 5.75. The summed E-state index contributed by atoms with van der Waals surface area (Å²) in [7, 11) is 3.72. The minimum absolute atomic E-state index is 0.0513. The molecule has 0 aromatic heterocycles. The van der Waals surface area contributed by atoms with Crippen LogP contribution in [0, 0.1) is 0 Å². The minimum atomic E-state index is -0.0513. The molecule has 2 fully saturated rings. The van der Waals surface area contributed by atoms with Crippen molar-refractivity contribution in [3.63, 3.8) is 0 Å². The number of urea groups is 1. The molecule has 1 atom stereocenters. The van der Waals surface area contributed by atoms with Gasteiger partial charge in [0.15, 0.2) is 0 Å². The predicted molar refractivity (Wildman–Crippen MR) is 92.6 cm³/mol. The van der Waals surface area contributed by atoms with Gasteiger partial charge in [-0.15, -0.1) is 0 Å². The molecule has 1 aromatic carbocycles. The second-order valence-corrected chi connectivity index (χ2v) is 7.00. The second kappa shape index (κ2) is 6.89. The molecule has 2 saturated heterocycles. The summed E-state index contributed by atoms with van der Waals surface area (Å²) in [6.45, 7) is 3.73. The lowest BCUT2D eigenvalue weighted by Crippen LogP contribution is -2.71. The fraction of sp³-hybridized carbons (Fsp3) is 0.611. The van der Waals surface area contributed by atoms with Crippen LogP contribution in [-0.2, 0) is 6.42 Å². The predicted octanol–water partition coefficient (Wildman–Crippen LogP) is 1.31. The van der Waals surface area contributed by atoms with Crippen LogP contribution in [0.1, 0.15) is 18.4 Å². The van der Waals surface area contributed by atoms with Gasteiger partial charge in [-0.3, -0.25) is 0 Å². The molecule has 5 heteroatoms. The van der Waals surface area contributed by atoms with Crippen LogP contribution < -0.4 is 10.6 Å². The van der Waals surface area contributed by atoms with Gasteiger partial charge in [0.25, 0.3) is 0 Å². The first-order valence-corrected chi connectivity index (χ1v) is 8.58. The van der Waals surface area contributed by atoms with E-state index in [1.165, 1.54) is 5.56 Å². The first-order chi connectivity index (χ1) is 11.1. The molecular formula is C18H28N4O. The lowest BCUT2D eigenvalue weighted by atomic mass is 9.82. The molecule has 2 heterocycles. The van der Waals surface area contributed by atoms with E-state index in [2.05, 4.69) is 39.8 Å². The van der Waals surface area contributed by atoms with E-state index < -0.39 is 0 Å². The number of piperazine rings is 1. The first kappa shape index (κ1) is 16.3. The molecule has 23 heavy (non-hydrogen) atoms. The fourth-order valence-corrected chi connectivity index (χ4v) is 3.97. The smallest absolute Gasteiger partial charge is 0.320 e. The van der Waals surface area contributed by atoms with Crippen LogP contribution in [-0.4, -0.2) is 67.7 Å². The highest BCUT2D eigenvalue weighted by Gasteiger charge is 2.46. The first-order valence-electron chi connectivity index (χ1n) is 8.58. The lowest BCUT2D eigenvalue weighted by Gasteiger charge is -2.54. The summed E-state index contributed by atoms with van der Waals surface area (Å²) in [5.74, 6) is 0. The maximum Gasteiger partial charge on any atom is 0.320 e. The summed E-state index contributed by atoms with van der Waals surface area (Å²) >= 11 is 0.